The van der Waals surface area contributed by atoms with E-state index in [2.05, 4.69) is 23.2 Å². The minimum atomic E-state index is -3.35. The number of sulfonamides is 1. The summed E-state index contributed by atoms with van der Waals surface area (Å²) in [5, 5.41) is 1.07. The molecule has 0 radical (unpaired) electrons. The number of amides is 1. The molecule has 1 amide bonds. The number of nitrogens with one attached hydrogen (secondary N) is 1. The number of nitrogens with zero attached hydrogens (tertiary/aromatic N) is 1. The van der Waals surface area contributed by atoms with E-state index in [1.54, 1.807) is 4.31 Å². The Hall–Kier alpha value is -3.62. The number of rotatable bonds is 10. The third kappa shape index (κ3) is 6.34. The highest BCUT2D eigenvalue weighted by molar-refractivity contribution is 7.89. The van der Waals surface area contributed by atoms with Gasteiger partial charge < -0.3 is 15.5 Å². The molecule has 39 heavy (non-hydrogen) atoms. The standard InChI is InChI=1S/C31H35N3O4S/c1-22-7-5-10-27(17-22)38-15-6-16-39(36,37)34-13-11-24(12-14-34)29-21-33-31-26(20-30(32)35)18-25(19-28(29)31)23-8-3-2-4-9-23/h2-5,7-10,17-19,21,24,33H,6,11-16,20H2,1H3,(H2,32,35). The quantitative estimate of drug-likeness (QED) is 0.269. The van der Waals surface area contributed by atoms with Gasteiger partial charge in [-0.3, -0.25) is 4.79 Å². The number of carbonyl (C=O) groups is 1. The number of benzene rings is 3. The molecule has 3 N–H and O–H groups in total. The van der Waals surface area contributed by atoms with Crippen molar-refractivity contribution < 1.29 is 17.9 Å². The van der Waals surface area contributed by atoms with Gasteiger partial charge in [-0.05, 0) is 84.2 Å². The van der Waals surface area contributed by atoms with Crippen LogP contribution in [0.3, 0.4) is 0 Å². The first-order valence-electron chi connectivity index (χ1n) is 13.4. The first-order valence-corrected chi connectivity index (χ1v) is 15.1. The average Bonchev–Trinajstić information content (AvgIpc) is 3.36. The number of aromatic amines is 1. The lowest BCUT2D eigenvalue weighted by Gasteiger charge is -2.31. The van der Waals surface area contributed by atoms with Gasteiger partial charge in [0, 0.05) is 30.2 Å². The zero-order chi connectivity index (χ0) is 27.4. The minimum absolute atomic E-state index is 0.0769. The third-order valence-electron chi connectivity index (χ3n) is 7.47. The van der Waals surface area contributed by atoms with Crippen molar-refractivity contribution in [2.24, 2.45) is 5.73 Å². The lowest BCUT2D eigenvalue weighted by Crippen LogP contribution is -2.39. The number of primary amides is 1. The lowest BCUT2D eigenvalue weighted by molar-refractivity contribution is -0.117. The summed E-state index contributed by atoms with van der Waals surface area (Å²) in [4.78, 5) is 15.2. The van der Waals surface area contributed by atoms with Gasteiger partial charge in [-0.2, -0.15) is 0 Å². The largest absolute Gasteiger partial charge is 0.494 e. The Labute approximate surface area is 230 Å². The van der Waals surface area contributed by atoms with Crippen molar-refractivity contribution >= 4 is 26.8 Å². The molecule has 3 aromatic carbocycles. The molecule has 2 heterocycles. The molecule has 4 aromatic rings. The Balaban J connectivity index is 1.26. The molecule has 1 aliphatic heterocycles. The van der Waals surface area contributed by atoms with Crippen molar-refractivity contribution in [3.63, 3.8) is 0 Å². The molecule has 0 aliphatic carbocycles. The second-order valence-electron chi connectivity index (χ2n) is 10.3. The van der Waals surface area contributed by atoms with Gasteiger partial charge in [0.15, 0.2) is 0 Å². The van der Waals surface area contributed by atoms with Gasteiger partial charge in [0.25, 0.3) is 0 Å². The van der Waals surface area contributed by atoms with Gasteiger partial charge in [-0.15, -0.1) is 0 Å². The van der Waals surface area contributed by atoms with Crippen molar-refractivity contribution in [1.29, 1.82) is 0 Å². The predicted octanol–water partition coefficient (Wildman–Crippen LogP) is 5.15. The molecule has 1 saturated heterocycles. The predicted molar refractivity (Wildman–Crippen MR) is 155 cm³/mol. The maximum atomic E-state index is 13.0. The Morgan fingerprint density at radius 2 is 1.79 bits per heavy atom. The summed E-state index contributed by atoms with van der Waals surface area (Å²) >= 11 is 0. The molecular weight excluding hydrogens is 510 g/mol. The summed E-state index contributed by atoms with van der Waals surface area (Å²) in [5.74, 6) is 0.692. The van der Waals surface area contributed by atoms with Crippen LogP contribution in [0, 0.1) is 6.92 Å². The third-order valence-corrected chi connectivity index (χ3v) is 9.42. The number of fused-ring (bicyclic) bond motifs is 1. The van der Waals surface area contributed by atoms with Crippen molar-refractivity contribution in [2.75, 3.05) is 25.4 Å². The van der Waals surface area contributed by atoms with Crippen LogP contribution in [0.15, 0.2) is 72.9 Å². The molecule has 1 aliphatic rings. The van der Waals surface area contributed by atoms with Gasteiger partial charge >= 0.3 is 0 Å². The van der Waals surface area contributed by atoms with E-state index in [0.29, 0.717) is 26.1 Å². The van der Waals surface area contributed by atoms with E-state index in [4.69, 9.17) is 10.5 Å². The Morgan fingerprint density at radius 3 is 2.51 bits per heavy atom. The van der Waals surface area contributed by atoms with E-state index in [9.17, 15) is 13.2 Å². The minimum Gasteiger partial charge on any atom is -0.494 e. The van der Waals surface area contributed by atoms with Gasteiger partial charge in [0.05, 0.1) is 18.8 Å². The first-order chi connectivity index (χ1) is 18.8. The van der Waals surface area contributed by atoms with Gasteiger partial charge in [0.1, 0.15) is 5.75 Å². The van der Waals surface area contributed by atoms with Crippen LogP contribution in [0.25, 0.3) is 22.0 Å². The Bertz CT molecular complexity index is 1560. The number of ether oxygens (including phenoxy) is 1. The molecule has 0 bridgehead atoms. The second kappa shape index (κ2) is 11.6. The fourth-order valence-corrected chi connectivity index (χ4v) is 7.01. The summed E-state index contributed by atoms with van der Waals surface area (Å²) in [6.07, 6.45) is 4.10. The van der Waals surface area contributed by atoms with Gasteiger partial charge in [-0.25, -0.2) is 12.7 Å². The molecule has 8 heteroatoms. The second-order valence-corrected chi connectivity index (χ2v) is 12.4. The van der Waals surface area contributed by atoms with Crippen molar-refractivity contribution in [3.8, 4) is 16.9 Å². The van der Waals surface area contributed by atoms with Crippen LogP contribution >= 0.6 is 0 Å². The molecule has 5 rings (SSSR count). The molecule has 1 fully saturated rings. The fraction of sp³-hybridized carbons (Fsp3) is 0.323. The number of hydrogen-bond donors (Lipinski definition) is 2. The van der Waals surface area contributed by atoms with E-state index < -0.39 is 10.0 Å². The van der Waals surface area contributed by atoms with Crippen LogP contribution in [0.5, 0.6) is 5.75 Å². The van der Waals surface area contributed by atoms with Crippen LogP contribution < -0.4 is 10.5 Å². The van der Waals surface area contributed by atoms with E-state index in [0.717, 1.165) is 57.3 Å². The molecule has 0 spiro atoms. The Kier molecular flexibility index (Phi) is 8.04. The topological polar surface area (TPSA) is 105 Å². The SMILES string of the molecule is Cc1cccc(OCCCS(=O)(=O)N2CCC(c3c[nH]c4c(CC(N)=O)cc(-c5ccccc5)cc34)CC2)c1. The molecule has 204 valence electrons. The number of hydrogen-bond acceptors (Lipinski definition) is 4. The zero-order valence-electron chi connectivity index (χ0n) is 22.2. The van der Waals surface area contributed by atoms with Gasteiger partial charge in [-0.1, -0.05) is 42.5 Å². The molecule has 7 nitrogen and oxygen atoms in total. The summed E-state index contributed by atoms with van der Waals surface area (Å²) in [7, 11) is -3.35. The lowest BCUT2D eigenvalue weighted by atomic mass is 9.88. The highest BCUT2D eigenvalue weighted by Crippen LogP contribution is 2.37. The summed E-state index contributed by atoms with van der Waals surface area (Å²) in [6.45, 7) is 3.35. The number of nitrogens with two attached hydrogens (primary N) is 1. The highest BCUT2D eigenvalue weighted by Gasteiger charge is 2.30. The first kappa shape index (κ1) is 27.0. The van der Waals surface area contributed by atoms with Crippen LogP contribution in [0.2, 0.25) is 0 Å². The maximum absolute atomic E-state index is 13.0. The normalized spacial score (nSPS) is 15.0. The smallest absolute Gasteiger partial charge is 0.221 e. The molecule has 1 aromatic heterocycles. The number of aryl methyl sites for hydroxylation is 1. The zero-order valence-corrected chi connectivity index (χ0v) is 23.0. The van der Waals surface area contributed by atoms with E-state index in [1.807, 2.05) is 61.7 Å². The van der Waals surface area contributed by atoms with Crippen molar-refractivity contribution in [1.82, 2.24) is 9.29 Å². The molecule has 0 saturated carbocycles. The Morgan fingerprint density at radius 1 is 1.03 bits per heavy atom. The molecule has 0 atom stereocenters. The van der Waals surface area contributed by atoms with Gasteiger partial charge in [0.2, 0.25) is 15.9 Å². The average molecular weight is 546 g/mol. The van der Waals surface area contributed by atoms with Crippen LogP contribution in [-0.2, 0) is 21.2 Å². The summed E-state index contributed by atoms with van der Waals surface area (Å²) in [5.41, 5.74) is 11.7. The van der Waals surface area contributed by atoms with Crippen molar-refractivity contribution in [3.05, 3.63) is 89.6 Å². The maximum Gasteiger partial charge on any atom is 0.221 e. The summed E-state index contributed by atoms with van der Waals surface area (Å²) < 4.78 is 33.4. The highest BCUT2D eigenvalue weighted by atomic mass is 32.2. The monoisotopic (exact) mass is 545 g/mol. The van der Waals surface area contributed by atoms with Crippen LogP contribution in [0.1, 0.15) is 41.9 Å². The van der Waals surface area contributed by atoms with Crippen LogP contribution in [0.4, 0.5) is 0 Å². The number of piperidine rings is 1. The van der Waals surface area contributed by atoms with E-state index in [1.165, 1.54) is 0 Å². The number of carbonyl (C=O) groups excluding carboxylic acids is 1. The number of H-pyrrole nitrogens is 1. The summed E-state index contributed by atoms with van der Waals surface area (Å²) in [6, 6.07) is 22.0. The molecular formula is C31H35N3O4S. The van der Waals surface area contributed by atoms with E-state index >= 15 is 0 Å². The molecule has 0 unspecified atom stereocenters. The van der Waals surface area contributed by atoms with Crippen molar-refractivity contribution in [2.45, 2.75) is 38.5 Å². The van der Waals surface area contributed by atoms with E-state index in [-0.39, 0.29) is 24.0 Å². The fourth-order valence-electron chi connectivity index (χ4n) is 5.50. The number of aromatic nitrogens is 1. The van der Waals surface area contributed by atoms with Crippen LogP contribution in [-0.4, -0.2) is 49.1 Å².